The number of benzene rings is 1. The van der Waals surface area contributed by atoms with Gasteiger partial charge in [-0.05, 0) is 25.0 Å². The van der Waals surface area contributed by atoms with E-state index in [9.17, 15) is 15.0 Å². The molecule has 0 bridgehead atoms. The third-order valence-electron chi connectivity index (χ3n) is 2.24. The van der Waals surface area contributed by atoms with Gasteiger partial charge in [-0.1, -0.05) is 0 Å². The predicted molar refractivity (Wildman–Crippen MR) is 50.6 cm³/mol. The lowest BCUT2D eigenvalue weighted by Crippen LogP contribution is -2.05. The van der Waals surface area contributed by atoms with Gasteiger partial charge < -0.3 is 14.9 Å². The number of hydrogen-bond donors (Lipinski definition) is 2. The van der Waals surface area contributed by atoms with E-state index in [-0.39, 0.29) is 17.1 Å². The molecule has 1 aromatic carbocycles. The van der Waals surface area contributed by atoms with Crippen LogP contribution in [0.3, 0.4) is 0 Å². The normalized spacial score (nSPS) is 9.93. The van der Waals surface area contributed by atoms with Crippen molar-refractivity contribution in [2.45, 2.75) is 13.8 Å². The SMILES string of the molecule is COC(=O)c1c(O)cc(O)c(C)c1C. The molecule has 0 aliphatic heterocycles. The first-order valence-electron chi connectivity index (χ1n) is 4.09. The van der Waals surface area contributed by atoms with Crippen LogP contribution in [0.15, 0.2) is 6.07 Å². The maximum absolute atomic E-state index is 11.3. The molecule has 1 aromatic rings. The summed E-state index contributed by atoms with van der Waals surface area (Å²) in [6, 6.07) is 1.13. The molecule has 0 heterocycles. The zero-order valence-corrected chi connectivity index (χ0v) is 8.29. The van der Waals surface area contributed by atoms with E-state index in [0.29, 0.717) is 11.1 Å². The Kier molecular flexibility index (Phi) is 2.65. The fourth-order valence-electron chi connectivity index (χ4n) is 1.24. The summed E-state index contributed by atoms with van der Waals surface area (Å²) in [6.45, 7) is 3.30. The number of aromatic hydroxyl groups is 2. The van der Waals surface area contributed by atoms with Gasteiger partial charge in [0.1, 0.15) is 17.1 Å². The van der Waals surface area contributed by atoms with Gasteiger partial charge in [0.25, 0.3) is 0 Å². The van der Waals surface area contributed by atoms with Crippen molar-refractivity contribution in [2.75, 3.05) is 7.11 Å². The molecule has 1 rings (SSSR count). The Balaban J connectivity index is 3.44. The summed E-state index contributed by atoms with van der Waals surface area (Å²) in [4.78, 5) is 11.3. The van der Waals surface area contributed by atoms with E-state index in [1.54, 1.807) is 13.8 Å². The zero-order chi connectivity index (χ0) is 10.9. The molecule has 2 N–H and O–H groups in total. The first-order valence-corrected chi connectivity index (χ1v) is 4.09. The van der Waals surface area contributed by atoms with Gasteiger partial charge in [0.05, 0.1) is 7.11 Å². The Morgan fingerprint density at radius 1 is 1.21 bits per heavy atom. The summed E-state index contributed by atoms with van der Waals surface area (Å²) >= 11 is 0. The number of methoxy groups -OCH3 is 1. The molecule has 0 aliphatic rings. The summed E-state index contributed by atoms with van der Waals surface area (Å²) in [5, 5.41) is 18.8. The fraction of sp³-hybridized carbons (Fsp3) is 0.300. The van der Waals surface area contributed by atoms with Crippen LogP contribution in [-0.4, -0.2) is 23.3 Å². The second-order valence-electron chi connectivity index (χ2n) is 3.03. The van der Waals surface area contributed by atoms with E-state index in [1.165, 1.54) is 7.11 Å². The van der Waals surface area contributed by atoms with Crippen LogP contribution >= 0.6 is 0 Å². The topological polar surface area (TPSA) is 66.8 Å². The molecular formula is C10H12O4. The highest BCUT2D eigenvalue weighted by Gasteiger charge is 2.18. The van der Waals surface area contributed by atoms with E-state index >= 15 is 0 Å². The van der Waals surface area contributed by atoms with E-state index in [4.69, 9.17) is 0 Å². The molecule has 0 aliphatic carbocycles. The van der Waals surface area contributed by atoms with E-state index in [1.807, 2.05) is 0 Å². The molecule has 0 spiro atoms. The van der Waals surface area contributed by atoms with Gasteiger partial charge in [0.15, 0.2) is 0 Å². The molecule has 0 aromatic heterocycles. The maximum atomic E-state index is 11.3. The minimum absolute atomic E-state index is 0.0346. The Morgan fingerprint density at radius 3 is 2.29 bits per heavy atom. The van der Waals surface area contributed by atoms with Crippen molar-refractivity contribution in [3.63, 3.8) is 0 Å². The standard InChI is InChI=1S/C10H12O4/c1-5-6(2)9(10(13)14-3)8(12)4-7(5)11/h4,11-12H,1-3H3. The summed E-state index contributed by atoms with van der Waals surface area (Å²) in [6.07, 6.45) is 0. The van der Waals surface area contributed by atoms with Crippen LogP contribution < -0.4 is 0 Å². The van der Waals surface area contributed by atoms with E-state index in [0.717, 1.165) is 6.07 Å². The quantitative estimate of drug-likeness (QED) is 0.668. The van der Waals surface area contributed by atoms with Crippen LogP contribution in [0, 0.1) is 13.8 Å². The summed E-state index contributed by atoms with van der Waals surface area (Å²) in [7, 11) is 1.24. The van der Waals surface area contributed by atoms with Crippen molar-refractivity contribution in [1.82, 2.24) is 0 Å². The number of rotatable bonds is 1. The monoisotopic (exact) mass is 196 g/mol. The Bertz CT molecular complexity index is 382. The molecule has 0 saturated carbocycles. The molecule has 76 valence electrons. The number of esters is 1. The van der Waals surface area contributed by atoms with Crippen molar-refractivity contribution in [1.29, 1.82) is 0 Å². The molecule has 0 amide bonds. The van der Waals surface area contributed by atoms with Gasteiger partial charge in [-0.25, -0.2) is 4.79 Å². The Hall–Kier alpha value is -1.71. The minimum Gasteiger partial charge on any atom is -0.508 e. The lowest BCUT2D eigenvalue weighted by atomic mass is 10.0. The van der Waals surface area contributed by atoms with Crippen LogP contribution in [0.25, 0.3) is 0 Å². The molecule has 0 fully saturated rings. The predicted octanol–water partition coefficient (Wildman–Crippen LogP) is 1.50. The van der Waals surface area contributed by atoms with Crippen LogP contribution in [0.4, 0.5) is 0 Å². The largest absolute Gasteiger partial charge is 0.508 e. The number of ether oxygens (including phenoxy) is 1. The highest BCUT2D eigenvalue weighted by molar-refractivity contribution is 5.94. The summed E-state index contributed by atoms with van der Waals surface area (Å²) < 4.78 is 4.51. The average Bonchev–Trinajstić information content (AvgIpc) is 2.14. The zero-order valence-electron chi connectivity index (χ0n) is 8.29. The van der Waals surface area contributed by atoms with Gasteiger partial charge in [-0.15, -0.1) is 0 Å². The average molecular weight is 196 g/mol. The van der Waals surface area contributed by atoms with Gasteiger partial charge >= 0.3 is 5.97 Å². The molecular weight excluding hydrogens is 184 g/mol. The fourth-order valence-corrected chi connectivity index (χ4v) is 1.24. The third-order valence-corrected chi connectivity index (χ3v) is 2.24. The summed E-state index contributed by atoms with van der Waals surface area (Å²) in [5.41, 5.74) is 1.18. The Labute approximate surface area is 81.8 Å². The van der Waals surface area contributed by atoms with Gasteiger partial charge in [0, 0.05) is 6.07 Å². The second kappa shape index (κ2) is 3.57. The van der Waals surface area contributed by atoms with Gasteiger partial charge in [0.2, 0.25) is 0 Å². The molecule has 0 saturated heterocycles. The molecule has 0 radical (unpaired) electrons. The van der Waals surface area contributed by atoms with Crippen LogP contribution in [0.1, 0.15) is 21.5 Å². The van der Waals surface area contributed by atoms with Crippen molar-refractivity contribution >= 4 is 5.97 Å². The second-order valence-corrected chi connectivity index (χ2v) is 3.03. The molecule has 0 unspecified atom stereocenters. The van der Waals surface area contributed by atoms with Crippen molar-refractivity contribution in [3.8, 4) is 11.5 Å². The third kappa shape index (κ3) is 1.51. The van der Waals surface area contributed by atoms with Crippen LogP contribution in [-0.2, 0) is 4.74 Å². The lowest BCUT2D eigenvalue weighted by Gasteiger charge is -2.10. The molecule has 4 nitrogen and oxygen atoms in total. The van der Waals surface area contributed by atoms with Gasteiger partial charge in [-0.3, -0.25) is 0 Å². The number of carbonyl (C=O) groups is 1. The van der Waals surface area contributed by atoms with Crippen molar-refractivity contribution < 1.29 is 19.7 Å². The molecule has 14 heavy (non-hydrogen) atoms. The lowest BCUT2D eigenvalue weighted by molar-refractivity contribution is 0.0596. The number of hydrogen-bond acceptors (Lipinski definition) is 4. The summed E-state index contributed by atoms with van der Waals surface area (Å²) in [5.74, 6) is -0.909. The van der Waals surface area contributed by atoms with Crippen LogP contribution in [0.2, 0.25) is 0 Å². The number of phenolic OH excluding ortho intramolecular Hbond substituents is 2. The maximum Gasteiger partial charge on any atom is 0.341 e. The first kappa shape index (κ1) is 10.4. The molecule has 0 atom stereocenters. The van der Waals surface area contributed by atoms with E-state index < -0.39 is 5.97 Å². The first-order chi connectivity index (χ1) is 6.49. The smallest absolute Gasteiger partial charge is 0.341 e. The molecule has 4 heteroatoms. The number of phenols is 2. The van der Waals surface area contributed by atoms with Crippen LogP contribution in [0.5, 0.6) is 11.5 Å². The van der Waals surface area contributed by atoms with E-state index in [2.05, 4.69) is 4.74 Å². The van der Waals surface area contributed by atoms with Crippen molar-refractivity contribution in [3.05, 3.63) is 22.8 Å². The Morgan fingerprint density at radius 2 is 1.79 bits per heavy atom. The minimum atomic E-state index is -0.608. The van der Waals surface area contributed by atoms with Crippen molar-refractivity contribution in [2.24, 2.45) is 0 Å². The number of carbonyl (C=O) groups excluding carboxylic acids is 1. The highest BCUT2D eigenvalue weighted by atomic mass is 16.5. The van der Waals surface area contributed by atoms with Gasteiger partial charge in [-0.2, -0.15) is 0 Å². The highest BCUT2D eigenvalue weighted by Crippen LogP contribution is 2.31.